The summed E-state index contributed by atoms with van der Waals surface area (Å²) < 4.78 is 9.86. The van der Waals surface area contributed by atoms with Gasteiger partial charge >= 0.3 is 0 Å². The number of hydrogen-bond donors (Lipinski definition) is 0. The van der Waals surface area contributed by atoms with Gasteiger partial charge in [0.1, 0.15) is 5.76 Å². The van der Waals surface area contributed by atoms with Crippen molar-refractivity contribution in [3.8, 4) is 0 Å². The average Bonchev–Trinajstić information content (AvgIpc) is 1.88. The van der Waals surface area contributed by atoms with Crippen LogP contribution in [0.2, 0.25) is 0 Å². The minimum Gasteiger partial charge on any atom is -0.491 e. The van der Waals surface area contributed by atoms with Gasteiger partial charge < -0.3 is 4.74 Å². The zero-order valence-electron chi connectivity index (χ0n) is 6.17. The van der Waals surface area contributed by atoms with Crippen molar-refractivity contribution in [3.05, 3.63) is 22.0 Å². The van der Waals surface area contributed by atoms with Crippen LogP contribution < -0.4 is 0 Å². The normalized spacial score (nSPS) is 16.5. The van der Waals surface area contributed by atoms with Crippen molar-refractivity contribution in [3.63, 3.8) is 0 Å². The lowest BCUT2D eigenvalue weighted by atomic mass is 10.4. The van der Waals surface area contributed by atoms with E-state index in [-0.39, 0.29) is 20.7 Å². The summed E-state index contributed by atoms with van der Waals surface area (Å²) in [5.74, 6) is 1.00. The Labute approximate surface area is 71.5 Å². The van der Waals surface area contributed by atoms with Crippen molar-refractivity contribution < 1.29 is 4.74 Å². The molecule has 0 saturated carbocycles. The minimum atomic E-state index is 0.200. The highest BCUT2D eigenvalue weighted by Crippen LogP contribution is 2.12. The molecule has 2 heteroatoms. The second-order valence-electron chi connectivity index (χ2n) is 2.28. The Balaban J connectivity index is 2.50. The first-order valence-electron chi connectivity index (χ1n) is 3.27. The molecule has 0 fully saturated rings. The molecule has 1 rings (SSSR count). The third kappa shape index (κ3) is 2.64. The van der Waals surface area contributed by atoms with Gasteiger partial charge in [0.2, 0.25) is 0 Å². The maximum Gasteiger partial charge on any atom is 0.120 e. The van der Waals surface area contributed by atoms with Crippen molar-refractivity contribution in [1.82, 2.24) is 0 Å². The molecule has 0 atom stereocenters. The first-order chi connectivity index (χ1) is 4.79. The highest BCUT2D eigenvalue weighted by Gasteiger charge is 1.96. The molecule has 0 radical (unpaired) electrons. The lowest BCUT2D eigenvalue weighted by Gasteiger charge is -2.10. The number of ether oxygens (including phenoxy) is 1. The van der Waals surface area contributed by atoms with Gasteiger partial charge in [0.25, 0.3) is 0 Å². The maximum atomic E-state index is 5.45. The van der Waals surface area contributed by atoms with Gasteiger partial charge in [-0.1, -0.05) is 20.7 Å². The Bertz CT molecular complexity index is 189. The molecule has 0 aromatic heterocycles. The topological polar surface area (TPSA) is 9.23 Å². The van der Waals surface area contributed by atoms with E-state index in [1.807, 2.05) is 13.8 Å². The fourth-order valence-corrected chi connectivity index (χ4v) is 2.01. The average molecular weight is 250 g/mol. The lowest BCUT2D eigenvalue weighted by Crippen LogP contribution is -2.01. The van der Waals surface area contributed by atoms with E-state index in [4.69, 9.17) is 4.74 Å². The number of allylic oxidation sites excluding steroid dienone is 2. The molecule has 10 heavy (non-hydrogen) atoms. The van der Waals surface area contributed by atoms with Crippen molar-refractivity contribution in [1.29, 1.82) is 0 Å². The van der Waals surface area contributed by atoms with Crippen LogP contribution in [-0.2, 0) is 4.74 Å². The van der Waals surface area contributed by atoms with E-state index >= 15 is 0 Å². The summed E-state index contributed by atoms with van der Waals surface area (Å²) in [5.41, 5.74) is 0. The van der Waals surface area contributed by atoms with E-state index < -0.39 is 0 Å². The molecular formula is C8H11IO. The summed E-state index contributed by atoms with van der Waals surface area (Å²) in [5, 5.41) is 0. The Kier molecular flexibility index (Phi) is 3.12. The van der Waals surface area contributed by atoms with Gasteiger partial charge in [0.05, 0.1) is 6.10 Å². The van der Waals surface area contributed by atoms with Crippen LogP contribution in [0.4, 0.5) is 0 Å². The molecule has 0 unspecified atom stereocenters. The Hall–Kier alpha value is -0.120. The van der Waals surface area contributed by atoms with Gasteiger partial charge in [0.15, 0.2) is 0 Å². The van der Waals surface area contributed by atoms with E-state index in [9.17, 15) is 0 Å². The van der Waals surface area contributed by atoms with Crippen LogP contribution in [0.3, 0.4) is 0 Å². The largest absolute Gasteiger partial charge is 0.491 e. The van der Waals surface area contributed by atoms with E-state index in [2.05, 4.69) is 20.2 Å². The molecule has 0 bridgehead atoms. The van der Waals surface area contributed by atoms with Gasteiger partial charge in [-0.2, -0.15) is 0 Å². The zero-order valence-corrected chi connectivity index (χ0v) is 8.33. The van der Waals surface area contributed by atoms with Crippen molar-refractivity contribution >= 4 is 24.7 Å². The van der Waals surface area contributed by atoms with E-state index in [1.165, 1.54) is 0 Å². The Morgan fingerprint density at radius 1 is 1.50 bits per heavy atom. The second kappa shape index (κ2) is 3.91. The Morgan fingerprint density at radius 3 is 2.80 bits per heavy atom. The van der Waals surface area contributed by atoms with Gasteiger partial charge in [-0.3, -0.25) is 0 Å². The van der Waals surface area contributed by atoms with E-state index in [1.54, 1.807) is 0 Å². The third-order valence-electron chi connectivity index (χ3n) is 0.972. The molecule has 1 heterocycles. The van der Waals surface area contributed by atoms with E-state index in [0.29, 0.717) is 6.10 Å². The van der Waals surface area contributed by atoms with Crippen LogP contribution in [0.1, 0.15) is 13.8 Å². The Morgan fingerprint density at radius 2 is 2.30 bits per heavy atom. The highest BCUT2D eigenvalue weighted by atomic mass is 127. The van der Waals surface area contributed by atoms with Gasteiger partial charge in [-0.15, -0.1) is 0 Å². The second-order valence-corrected chi connectivity index (χ2v) is 4.44. The number of halogens is 1. The van der Waals surface area contributed by atoms with Crippen LogP contribution in [0.15, 0.2) is 22.0 Å². The van der Waals surface area contributed by atoms with Gasteiger partial charge in [-0.25, -0.2) is 0 Å². The lowest BCUT2D eigenvalue weighted by molar-refractivity contribution is 0.158. The maximum absolute atomic E-state index is 5.45. The highest BCUT2D eigenvalue weighted by molar-refractivity contribution is 14.2. The molecular weight excluding hydrogens is 239 g/mol. The zero-order chi connectivity index (χ0) is 7.40. The smallest absolute Gasteiger partial charge is 0.120 e. The summed E-state index contributed by atoms with van der Waals surface area (Å²) in [7, 11) is 0. The molecule has 0 aromatic carbocycles. The molecule has 1 aliphatic rings. The van der Waals surface area contributed by atoms with Crippen LogP contribution in [-0.4, -0.2) is 10.1 Å². The standard InChI is InChI=1S/C8H11IO/c1-7(2)10-8-3-5-9-6-4-8/h3-7H,1-2H3. The first-order valence-corrected chi connectivity index (χ1v) is 5.77. The number of hydrogen-bond acceptors (Lipinski definition) is 1. The fraction of sp³-hybridized carbons (Fsp3) is 0.375. The monoisotopic (exact) mass is 250 g/mol. The van der Waals surface area contributed by atoms with Crippen molar-refractivity contribution in [2.45, 2.75) is 20.0 Å². The molecule has 0 aliphatic carbocycles. The molecule has 0 saturated heterocycles. The summed E-state index contributed by atoms with van der Waals surface area (Å²) in [6, 6.07) is 0. The van der Waals surface area contributed by atoms with Crippen molar-refractivity contribution in [2.24, 2.45) is 0 Å². The number of rotatable bonds is 2. The summed E-state index contributed by atoms with van der Waals surface area (Å²) >= 11 is 0.200. The predicted octanol–water partition coefficient (Wildman–Crippen LogP) is 2.60. The molecule has 0 spiro atoms. The quantitative estimate of drug-likeness (QED) is 0.684. The summed E-state index contributed by atoms with van der Waals surface area (Å²) in [4.78, 5) is 0. The SMILES string of the molecule is CC(C)OC1=CC=IC=C1. The summed E-state index contributed by atoms with van der Waals surface area (Å²) in [6.07, 6.45) is 4.42. The third-order valence-corrected chi connectivity index (χ3v) is 2.52. The molecule has 1 nitrogen and oxygen atoms in total. The molecule has 1 aliphatic heterocycles. The van der Waals surface area contributed by atoms with Crippen LogP contribution >= 0.6 is 20.7 Å². The van der Waals surface area contributed by atoms with Crippen LogP contribution in [0, 0.1) is 0 Å². The minimum absolute atomic E-state index is 0.200. The summed E-state index contributed by atoms with van der Waals surface area (Å²) in [6.45, 7) is 4.08. The molecule has 56 valence electrons. The molecule has 0 N–H and O–H groups in total. The van der Waals surface area contributed by atoms with Gasteiger partial charge in [0, 0.05) is 0 Å². The van der Waals surface area contributed by atoms with Crippen molar-refractivity contribution in [2.75, 3.05) is 0 Å². The van der Waals surface area contributed by atoms with Gasteiger partial charge in [-0.05, 0) is 34.1 Å². The fourth-order valence-electron chi connectivity index (χ4n) is 0.645. The molecule has 0 amide bonds. The van der Waals surface area contributed by atoms with E-state index in [0.717, 1.165) is 5.76 Å². The van der Waals surface area contributed by atoms with Crippen LogP contribution in [0.25, 0.3) is 0 Å². The van der Waals surface area contributed by atoms with Crippen LogP contribution in [0.5, 0.6) is 0 Å². The predicted molar refractivity (Wildman–Crippen MR) is 53.5 cm³/mol. The molecule has 0 aromatic rings. The first kappa shape index (κ1) is 7.98.